The molecule has 21 heavy (non-hydrogen) atoms. The van der Waals surface area contributed by atoms with Gasteiger partial charge in [-0.25, -0.2) is 0 Å². The smallest absolute Gasteiger partial charge is 0.248 e. The summed E-state index contributed by atoms with van der Waals surface area (Å²) in [6, 6.07) is -0.0238. The van der Waals surface area contributed by atoms with E-state index in [0.717, 1.165) is 45.3 Å². The third-order valence-corrected chi connectivity index (χ3v) is 4.24. The van der Waals surface area contributed by atoms with Crippen molar-refractivity contribution >= 4 is 11.8 Å². The lowest BCUT2D eigenvalue weighted by molar-refractivity contribution is -0.137. The van der Waals surface area contributed by atoms with Crippen LogP contribution in [0.3, 0.4) is 0 Å². The number of ether oxygens (including phenoxy) is 1. The van der Waals surface area contributed by atoms with Crippen LogP contribution >= 0.6 is 0 Å². The van der Waals surface area contributed by atoms with Crippen LogP contribution in [0.1, 0.15) is 32.6 Å². The van der Waals surface area contributed by atoms with Crippen molar-refractivity contribution in [2.24, 2.45) is 5.92 Å². The van der Waals surface area contributed by atoms with Gasteiger partial charge in [0.05, 0.1) is 6.04 Å². The van der Waals surface area contributed by atoms with Crippen LogP contribution in [0.5, 0.6) is 0 Å². The predicted molar refractivity (Wildman–Crippen MR) is 79.8 cm³/mol. The van der Waals surface area contributed by atoms with E-state index in [-0.39, 0.29) is 24.5 Å². The molecule has 120 valence electrons. The van der Waals surface area contributed by atoms with E-state index in [0.29, 0.717) is 19.1 Å². The fourth-order valence-corrected chi connectivity index (χ4v) is 3.02. The Bertz CT molecular complexity index is 356. The van der Waals surface area contributed by atoms with E-state index in [4.69, 9.17) is 4.74 Å². The Morgan fingerprint density at radius 3 is 2.90 bits per heavy atom. The minimum atomic E-state index is -0.0238. The average Bonchev–Trinajstić information content (AvgIpc) is 3.05. The zero-order valence-corrected chi connectivity index (χ0v) is 12.9. The number of nitrogens with one attached hydrogen (secondary N) is 2. The summed E-state index contributed by atoms with van der Waals surface area (Å²) in [6.45, 7) is 5.75. The lowest BCUT2D eigenvalue weighted by Gasteiger charge is -2.33. The lowest BCUT2D eigenvalue weighted by atomic mass is 9.97. The fraction of sp³-hybridized carbons (Fsp3) is 0.867. The van der Waals surface area contributed by atoms with Gasteiger partial charge in [-0.15, -0.1) is 0 Å². The van der Waals surface area contributed by atoms with E-state index in [1.807, 2.05) is 11.8 Å². The SMILES string of the molecule is CCOCC(=O)N1CCCC(CNC(=O)C2CCCN2)C1. The molecule has 0 radical (unpaired) electrons. The van der Waals surface area contributed by atoms with Gasteiger partial charge in [-0.3, -0.25) is 9.59 Å². The highest BCUT2D eigenvalue weighted by molar-refractivity contribution is 5.82. The van der Waals surface area contributed by atoms with Gasteiger partial charge in [0.15, 0.2) is 0 Å². The Labute approximate surface area is 126 Å². The minimum absolute atomic E-state index is 0.0238. The molecule has 0 saturated carbocycles. The summed E-state index contributed by atoms with van der Waals surface area (Å²) in [5, 5.41) is 6.23. The molecule has 2 aliphatic rings. The van der Waals surface area contributed by atoms with E-state index in [1.54, 1.807) is 0 Å². The van der Waals surface area contributed by atoms with Crippen LogP contribution in [0.25, 0.3) is 0 Å². The molecule has 2 N–H and O–H groups in total. The van der Waals surface area contributed by atoms with Gasteiger partial charge in [-0.1, -0.05) is 0 Å². The maximum atomic E-state index is 12.0. The molecule has 2 rings (SSSR count). The number of likely N-dealkylation sites (tertiary alicyclic amines) is 1. The number of carbonyl (C=O) groups is 2. The second kappa shape index (κ2) is 8.34. The molecule has 0 aromatic carbocycles. The molecule has 0 bridgehead atoms. The first kappa shape index (κ1) is 16.2. The van der Waals surface area contributed by atoms with Crippen molar-refractivity contribution < 1.29 is 14.3 Å². The Morgan fingerprint density at radius 2 is 2.19 bits per heavy atom. The molecule has 2 saturated heterocycles. The highest BCUT2D eigenvalue weighted by atomic mass is 16.5. The molecular weight excluding hydrogens is 270 g/mol. The average molecular weight is 297 g/mol. The molecule has 2 heterocycles. The van der Waals surface area contributed by atoms with Crippen LogP contribution in [0, 0.1) is 5.92 Å². The number of piperidine rings is 1. The molecule has 6 heteroatoms. The van der Waals surface area contributed by atoms with Gasteiger partial charge in [0.2, 0.25) is 11.8 Å². The van der Waals surface area contributed by atoms with Gasteiger partial charge < -0.3 is 20.3 Å². The maximum Gasteiger partial charge on any atom is 0.248 e. The van der Waals surface area contributed by atoms with E-state index in [1.165, 1.54) is 0 Å². The van der Waals surface area contributed by atoms with Gasteiger partial charge in [0.1, 0.15) is 6.61 Å². The topological polar surface area (TPSA) is 70.7 Å². The van der Waals surface area contributed by atoms with E-state index in [9.17, 15) is 9.59 Å². The first-order valence-corrected chi connectivity index (χ1v) is 8.07. The van der Waals surface area contributed by atoms with Gasteiger partial charge >= 0.3 is 0 Å². The number of carbonyl (C=O) groups excluding carboxylic acids is 2. The summed E-state index contributed by atoms with van der Waals surface area (Å²) in [5.41, 5.74) is 0. The number of rotatable bonds is 6. The monoisotopic (exact) mass is 297 g/mol. The minimum Gasteiger partial charge on any atom is -0.372 e. The van der Waals surface area contributed by atoms with E-state index >= 15 is 0 Å². The molecule has 2 amide bonds. The third-order valence-electron chi connectivity index (χ3n) is 4.24. The van der Waals surface area contributed by atoms with Gasteiger partial charge in [-0.2, -0.15) is 0 Å². The van der Waals surface area contributed by atoms with Crippen molar-refractivity contribution in [1.82, 2.24) is 15.5 Å². The summed E-state index contributed by atoms with van der Waals surface area (Å²) >= 11 is 0. The van der Waals surface area contributed by atoms with Crippen LogP contribution in [0.15, 0.2) is 0 Å². The predicted octanol–water partition coefficient (Wildman–Crippen LogP) is 0.130. The number of nitrogens with zero attached hydrogens (tertiary/aromatic N) is 1. The molecule has 0 aromatic rings. The van der Waals surface area contributed by atoms with E-state index in [2.05, 4.69) is 10.6 Å². The zero-order chi connectivity index (χ0) is 15.1. The molecule has 2 unspecified atom stereocenters. The third kappa shape index (κ3) is 4.97. The molecule has 0 aliphatic carbocycles. The summed E-state index contributed by atoms with van der Waals surface area (Å²) in [7, 11) is 0. The first-order chi connectivity index (χ1) is 10.2. The molecule has 0 aromatic heterocycles. The Hall–Kier alpha value is -1.14. The van der Waals surface area contributed by atoms with Crippen molar-refractivity contribution in [3.8, 4) is 0 Å². The maximum absolute atomic E-state index is 12.0. The molecular formula is C15H27N3O3. The van der Waals surface area contributed by atoms with Gasteiger partial charge in [-0.05, 0) is 45.1 Å². The Balaban J connectivity index is 1.70. The van der Waals surface area contributed by atoms with Gasteiger partial charge in [0, 0.05) is 26.2 Å². The van der Waals surface area contributed by atoms with Crippen LogP contribution < -0.4 is 10.6 Å². The second-order valence-electron chi connectivity index (χ2n) is 5.88. The normalized spacial score (nSPS) is 25.9. The molecule has 0 spiro atoms. The highest BCUT2D eigenvalue weighted by Gasteiger charge is 2.26. The molecule has 2 atom stereocenters. The Morgan fingerprint density at radius 1 is 1.33 bits per heavy atom. The largest absolute Gasteiger partial charge is 0.372 e. The van der Waals surface area contributed by atoms with Crippen molar-refractivity contribution in [3.63, 3.8) is 0 Å². The molecule has 2 fully saturated rings. The first-order valence-electron chi connectivity index (χ1n) is 8.07. The molecule has 2 aliphatic heterocycles. The standard InChI is InChI=1S/C15H27N3O3/c1-2-21-11-14(19)18-8-4-5-12(10-18)9-17-15(20)13-6-3-7-16-13/h12-13,16H,2-11H2,1H3,(H,17,20). The highest BCUT2D eigenvalue weighted by Crippen LogP contribution is 2.16. The number of hydrogen-bond donors (Lipinski definition) is 2. The lowest BCUT2D eigenvalue weighted by Crippen LogP contribution is -2.47. The van der Waals surface area contributed by atoms with Crippen LogP contribution in [-0.4, -0.2) is 62.1 Å². The van der Waals surface area contributed by atoms with Crippen LogP contribution in [0.2, 0.25) is 0 Å². The van der Waals surface area contributed by atoms with Crippen molar-refractivity contribution in [3.05, 3.63) is 0 Å². The van der Waals surface area contributed by atoms with Crippen molar-refractivity contribution in [2.75, 3.05) is 39.4 Å². The van der Waals surface area contributed by atoms with E-state index < -0.39 is 0 Å². The fourth-order valence-electron chi connectivity index (χ4n) is 3.02. The quantitative estimate of drug-likeness (QED) is 0.731. The van der Waals surface area contributed by atoms with Crippen molar-refractivity contribution in [1.29, 1.82) is 0 Å². The Kier molecular flexibility index (Phi) is 6.45. The summed E-state index contributed by atoms with van der Waals surface area (Å²) in [6.07, 6.45) is 4.06. The second-order valence-corrected chi connectivity index (χ2v) is 5.88. The summed E-state index contributed by atoms with van der Waals surface area (Å²) < 4.78 is 5.18. The zero-order valence-electron chi connectivity index (χ0n) is 12.9. The van der Waals surface area contributed by atoms with Crippen LogP contribution in [-0.2, 0) is 14.3 Å². The van der Waals surface area contributed by atoms with Crippen molar-refractivity contribution in [2.45, 2.75) is 38.6 Å². The number of amides is 2. The summed E-state index contributed by atoms with van der Waals surface area (Å²) in [4.78, 5) is 25.8. The number of hydrogen-bond acceptors (Lipinski definition) is 4. The summed E-state index contributed by atoms with van der Waals surface area (Å²) in [5.74, 6) is 0.519. The molecule has 6 nitrogen and oxygen atoms in total. The van der Waals surface area contributed by atoms with Crippen LogP contribution in [0.4, 0.5) is 0 Å². The van der Waals surface area contributed by atoms with Gasteiger partial charge in [0.25, 0.3) is 0 Å².